The molecule has 2 heterocycles. The van der Waals surface area contributed by atoms with E-state index in [4.69, 9.17) is 0 Å². The van der Waals surface area contributed by atoms with Crippen LogP contribution in [0.1, 0.15) is 41.0 Å². The first-order chi connectivity index (χ1) is 8.66. The van der Waals surface area contributed by atoms with E-state index in [1.165, 1.54) is 6.42 Å². The van der Waals surface area contributed by atoms with Crippen LogP contribution in [-0.4, -0.2) is 21.3 Å². The summed E-state index contributed by atoms with van der Waals surface area (Å²) in [6.07, 6.45) is 5.31. The highest BCUT2D eigenvalue weighted by atomic mass is 16.2. The van der Waals surface area contributed by atoms with E-state index in [0.717, 1.165) is 29.7 Å². The van der Waals surface area contributed by atoms with Crippen LogP contribution in [0.25, 0.3) is 5.65 Å². The van der Waals surface area contributed by atoms with Gasteiger partial charge in [0.2, 0.25) is 0 Å². The molecule has 0 atom stereocenters. The maximum Gasteiger partial charge on any atom is 0.270 e. The van der Waals surface area contributed by atoms with E-state index in [1.54, 1.807) is 0 Å². The number of amides is 1. The van der Waals surface area contributed by atoms with E-state index in [0.29, 0.717) is 11.7 Å². The second kappa shape index (κ2) is 4.12. The van der Waals surface area contributed by atoms with Gasteiger partial charge in [-0.25, -0.2) is 4.98 Å². The van der Waals surface area contributed by atoms with Gasteiger partial charge in [-0.05, 0) is 44.7 Å². The van der Waals surface area contributed by atoms with Crippen molar-refractivity contribution in [1.82, 2.24) is 14.7 Å². The summed E-state index contributed by atoms with van der Waals surface area (Å²) in [5, 5.41) is 3.07. The van der Waals surface area contributed by atoms with E-state index in [9.17, 15) is 4.79 Å². The highest BCUT2D eigenvalue weighted by molar-refractivity contribution is 5.95. The van der Waals surface area contributed by atoms with E-state index in [2.05, 4.69) is 10.3 Å². The molecule has 1 fully saturated rings. The summed E-state index contributed by atoms with van der Waals surface area (Å²) in [6.45, 7) is 3.90. The lowest BCUT2D eigenvalue weighted by molar-refractivity contribution is 0.0910. The molecule has 0 spiro atoms. The van der Waals surface area contributed by atoms with Gasteiger partial charge in [-0.2, -0.15) is 0 Å². The summed E-state index contributed by atoms with van der Waals surface area (Å²) in [5.74, 6) is -0.00435. The Bertz CT molecular complexity index is 611. The highest BCUT2D eigenvalue weighted by Gasteiger charge is 2.23. The lowest BCUT2D eigenvalue weighted by Gasteiger charge is -2.26. The fraction of sp³-hybridized carbons (Fsp3) is 0.429. The zero-order valence-electron chi connectivity index (χ0n) is 10.7. The third kappa shape index (κ3) is 1.68. The maximum atomic E-state index is 12.3. The van der Waals surface area contributed by atoms with Crippen molar-refractivity contribution in [2.24, 2.45) is 0 Å². The third-order valence-electron chi connectivity index (χ3n) is 3.67. The minimum atomic E-state index is -0.00435. The summed E-state index contributed by atoms with van der Waals surface area (Å²) in [5.41, 5.74) is 3.42. The molecule has 0 radical (unpaired) electrons. The predicted molar refractivity (Wildman–Crippen MR) is 69.8 cm³/mol. The fourth-order valence-corrected chi connectivity index (χ4v) is 2.40. The second-order valence-electron chi connectivity index (χ2n) is 5.03. The molecule has 4 nitrogen and oxygen atoms in total. The van der Waals surface area contributed by atoms with E-state index >= 15 is 0 Å². The van der Waals surface area contributed by atoms with Gasteiger partial charge in [0, 0.05) is 12.2 Å². The van der Waals surface area contributed by atoms with Crippen LogP contribution in [-0.2, 0) is 0 Å². The Morgan fingerprint density at radius 3 is 2.89 bits per heavy atom. The Morgan fingerprint density at radius 1 is 1.44 bits per heavy atom. The maximum absolute atomic E-state index is 12.3. The van der Waals surface area contributed by atoms with Crippen LogP contribution in [0.2, 0.25) is 0 Å². The van der Waals surface area contributed by atoms with E-state index < -0.39 is 0 Å². The minimum Gasteiger partial charge on any atom is -0.348 e. The lowest BCUT2D eigenvalue weighted by Crippen LogP contribution is -2.40. The first kappa shape index (κ1) is 11.3. The normalized spacial score (nSPS) is 15.7. The van der Waals surface area contributed by atoms with Crippen LogP contribution in [0, 0.1) is 13.8 Å². The van der Waals surface area contributed by atoms with Gasteiger partial charge in [-0.1, -0.05) is 6.07 Å². The van der Waals surface area contributed by atoms with Crippen molar-refractivity contribution >= 4 is 11.6 Å². The average molecular weight is 243 g/mol. The highest BCUT2D eigenvalue weighted by Crippen LogP contribution is 2.20. The van der Waals surface area contributed by atoms with Gasteiger partial charge in [-0.15, -0.1) is 0 Å². The van der Waals surface area contributed by atoms with Crippen molar-refractivity contribution in [3.8, 4) is 0 Å². The third-order valence-corrected chi connectivity index (χ3v) is 3.67. The quantitative estimate of drug-likeness (QED) is 0.879. The zero-order chi connectivity index (χ0) is 12.7. The molecule has 0 unspecified atom stereocenters. The molecule has 18 heavy (non-hydrogen) atoms. The first-order valence-electron chi connectivity index (χ1n) is 6.42. The number of hydrogen-bond donors (Lipinski definition) is 1. The van der Waals surface area contributed by atoms with Gasteiger partial charge in [0.05, 0.1) is 5.69 Å². The van der Waals surface area contributed by atoms with Crippen molar-refractivity contribution in [2.75, 3.05) is 0 Å². The molecule has 1 aliphatic rings. The number of pyridine rings is 1. The van der Waals surface area contributed by atoms with Gasteiger partial charge in [0.1, 0.15) is 11.3 Å². The molecule has 1 saturated carbocycles. The monoisotopic (exact) mass is 243 g/mol. The molecule has 94 valence electrons. The van der Waals surface area contributed by atoms with Crippen LogP contribution in [0.3, 0.4) is 0 Å². The number of nitrogens with one attached hydrogen (secondary N) is 1. The van der Waals surface area contributed by atoms with Gasteiger partial charge >= 0.3 is 0 Å². The zero-order valence-corrected chi connectivity index (χ0v) is 10.7. The molecule has 0 aliphatic heterocycles. The molecule has 1 N–H and O–H groups in total. The van der Waals surface area contributed by atoms with Crippen molar-refractivity contribution in [3.63, 3.8) is 0 Å². The number of aryl methyl sites for hydroxylation is 2. The molecule has 1 aliphatic carbocycles. The van der Waals surface area contributed by atoms with Crippen molar-refractivity contribution in [2.45, 2.75) is 39.2 Å². The molecule has 1 amide bonds. The number of imidazole rings is 1. The fourth-order valence-electron chi connectivity index (χ4n) is 2.40. The van der Waals surface area contributed by atoms with E-state index in [-0.39, 0.29) is 5.91 Å². The van der Waals surface area contributed by atoms with Crippen LogP contribution >= 0.6 is 0 Å². The van der Waals surface area contributed by atoms with Gasteiger partial charge < -0.3 is 5.32 Å². The number of rotatable bonds is 2. The smallest absolute Gasteiger partial charge is 0.270 e. The summed E-state index contributed by atoms with van der Waals surface area (Å²) < 4.78 is 1.89. The van der Waals surface area contributed by atoms with Gasteiger partial charge in [0.15, 0.2) is 0 Å². The Balaban J connectivity index is 2.02. The van der Waals surface area contributed by atoms with Gasteiger partial charge in [-0.3, -0.25) is 9.20 Å². The van der Waals surface area contributed by atoms with Crippen LogP contribution in [0.15, 0.2) is 18.3 Å². The Kier molecular flexibility index (Phi) is 2.58. The van der Waals surface area contributed by atoms with E-state index in [1.807, 2.05) is 36.6 Å². The Hall–Kier alpha value is -1.84. The lowest BCUT2D eigenvalue weighted by atomic mass is 9.93. The number of aromatic nitrogens is 2. The molecular formula is C14H17N3O. The molecular weight excluding hydrogens is 226 g/mol. The molecule has 0 bridgehead atoms. The Labute approximate surface area is 106 Å². The predicted octanol–water partition coefficient (Wildman–Crippen LogP) is 2.23. The summed E-state index contributed by atoms with van der Waals surface area (Å²) in [4.78, 5) is 16.8. The minimum absolute atomic E-state index is 0.00435. The molecule has 4 heteroatoms. The van der Waals surface area contributed by atoms with Crippen LogP contribution in [0.5, 0.6) is 0 Å². The number of fused-ring (bicyclic) bond motifs is 1. The largest absolute Gasteiger partial charge is 0.348 e. The van der Waals surface area contributed by atoms with Crippen molar-refractivity contribution in [3.05, 3.63) is 35.3 Å². The topological polar surface area (TPSA) is 46.4 Å². The van der Waals surface area contributed by atoms with Crippen LogP contribution < -0.4 is 5.32 Å². The summed E-state index contributed by atoms with van der Waals surface area (Å²) in [7, 11) is 0. The Morgan fingerprint density at radius 2 is 2.22 bits per heavy atom. The molecule has 0 aromatic carbocycles. The second-order valence-corrected chi connectivity index (χ2v) is 5.03. The average Bonchev–Trinajstić information content (AvgIpc) is 2.61. The first-order valence-corrected chi connectivity index (χ1v) is 6.42. The van der Waals surface area contributed by atoms with Crippen molar-refractivity contribution in [1.29, 1.82) is 0 Å². The van der Waals surface area contributed by atoms with Crippen molar-refractivity contribution < 1.29 is 4.79 Å². The molecule has 0 saturated heterocycles. The van der Waals surface area contributed by atoms with Gasteiger partial charge in [0.25, 0.3) is 5.91 Å². The summed E-state index contributed by atoms with van der Waals surface area (Å²) >= 11 is 0. The SMILES string of the molecule is Cc1nc2c(C)cccn2c1C(=O)NC1CCC1. The van der Waals surface area contributed by atoms with Crippen LogP contribution in [0.4, 0.5) is 0 Å². The number of carbonyl (C=O) groups is 1. The molecule has 3 rings (SSSR count). The standard InChI is InChI=1S/C14H17N3O/c1-9-5-4-8-17-12(10(2)15-13(9)17)14(18)16-11-6-3-7-11/h4-5,8,11H,3,6-7H2,1-2H3,(H,16,18). The number of nitrogens with zero attached hydrogens (tertiary/aromatic N) is 2. The number of carbonyl (C=O) groups excluding carboxylic acids is 1. The molecule has 2 aromatic rings. The molecule has 2 aromatic heterocycles. The summed E-state index contributed by atoms with van der Waals surface area (Å²) in [6, 6.07) is 4.31. The number of hydrogen-bond acceptors (Lipinski definition) is 2.